The van der Waals surface area contributed by atoms with Crippen molar-refractivity contribution in [3.63, 3.8) is 0 Å². The molecule has 0 saturated carbocycles. The van der Waals surface area contributed by atoms with Crippen LogP contribution in [0.5, 0.6) is 0 Å². The minimum absolute atomic E-state index is 0.0108. The number of benzene rings is 1. The second-order valence-corrected chi connectivity index (χ2v) is 5.59. The molecule has 0 aromatic heterocycles. The number of carbonyl (C=O) groups is 1. The first-order valence-electron chi connectivity index (χ1n) is 5.37. The summed E-state index contributed by atoms with van der Waals surface area (Å²) in [5.41, 5.74) is 1.86. The van der Waals surface area contributed by atoms with Crippen LogP contribution in [0.3, 0.4) is 0 Å². The van der Waals surface area contributed by atoms with E-state index >= 15 is 0 Å². The molecule has 0 atom stereocenters. The van der Waals surface area contributed by atoms with Crippen molar-refractivity contribution in [2.45, 2.75) is 25.7 Å². The van der Waals surface area contributed by atoms with Gasteiger partial charge in [0.1, 0.15) is 0 Å². The number of halogens is 1. The lowest BCUT2D eigenvalue weighted by Crippen LogP contribution is -2.03. The van der Waals surface area contributed by atoms with Gasteiger partial charge in [0.2, 0.25) is 0 Å². The number of hydrogen-bond donors (Lipinski definition) is 0. The van der Waals surface area contributed by atoms with Crippen LogP contribution in [0.15, 0.2) is 23.1 Å². The molecule has 0 fully saturated rings. The van der Waals surface area contributed by atoms with Crippen molar-refractivity contribution in [2.24, 2.45) is 5.92 Å². The van der Waals surface area contributed by atoms with E-state index in [1.165, 1.54) is 0 Å². The van der Waals surface area contributed by atoms with Gasteiger partial charge in [-0.05, 0) is 25.0 Å². The Morgan fingerprint density at radius 3 is 2.69 bits per heavy atom. The van der Waals surface area contributed by atoms with E-state index in [9.17, 15) is 4.79 Å². The monoisotopic (exact) mass is 256 g/mol. The Kier molecular flexibility index (Phi) is 5.36. The van der Waals surface area contributed by atoms with Crippen LogP contribution in [0.25, 0.3) is 0 Å². The van der Waals surface area contributed by atoms with Crippen molar-refractivity contribution in [1.82, 2.24) is 0 Å². The molecule has 0 unspecified atom stereocenters. The summed E-state index contributed by atoms with van der Waals surface area (Å²) in [7, 11) is 0. The first-order valence-corrected chi connectivity index (χ1v) is 6.89. The second kappa shape index (κ2) is 6.31. The summed E-state index contributed by atoms with van der Waals surface area (Å²) in [6.07, 6.45) is 0. The molecule has 0 aliphatic rings. The summed E-state index contributed by atoms with van der Waals surface area (Å²) in [5.74, 6) is 1.70. The Morgan fingerprint density at radius 2 is 2.12 bits per heavy atom. The summed E-state index contributed by atoms with van der Waals surface area (Å²) in [6, 6.07) is 5.98. The zero-order valence-corrected chi connectivity index (χ0v) is 11.5. The van der Waals surface area contributed by atoms with Crippen molar-refractivity contribution in [3.05, 3.63) is 29.3 Å². The molecule has 0 saturated heterocycles. The molecule has 1 aromatic rings. The van der Waals surface area contributed by atoms with Gasteiger partial charge in [0.15, 0.2) is 5.78 Å². The molecule has 0 heterocycles. The fourth-order valence-corrected chi connectivity index (χ4v) is 2.47. The van der Waals surface area contributed by atoms with Gasteiger partial charge in [0.25, 0.3) is 0 Å². The van der Waals surface area contributed by atoms with E-state index in [1.54, 1.807) is 11.8 Å². The first-order chi connectivity index (χ1) is 7.54. The number of thioether (sulfide) groups is 1. The summed E-state index contributed by atoms with van der Waals surface area (Å²) < 4.78 is 0. The molecule has 0 aliphatic carbocycles. The molecule has 3 heteroatoms. The highest BCUT2D eigenvalue weighted by molar-refractivity contribution is 7.99. The van der Waals surface area contributed by atoms with Crippen molar-refractivity contribution in [2.75, 3.05) is 11.6 Å². The number of alkyl halides is 1. The van der Waals surface area contributed by atoms with Crippen molar-refractivity contribution in [1.29, 1.82) is 0 Å². The molecule has 0 spiro atoms. The van der Waals surface area contributed by atoms with E-state index < -0.39 is 0 Å². The van der Waals surface area contributed by atoms with Crippen LogP contribution in [0, 0.1) is 12.8 Å². The number of hydrogen-bond acceptors (Lipinski definition) is 2. The lowest BCUT2D eigenvalue weighted by atomic mass is 10.1. The fraction of sp³-hybridized carbons (Fsp3) is 0.462. The van der Waals surface area contributed by atoms with Gasteiger partial charge in [-0.15, -0.1) is 23.4 Å². The number of Topliss-reactive ketones (excluding diaryl/α,β-unsaturated/α-hetero) is 1. The smallest absolute Gasteiger partial charge is 0.178 e. The Balaban J connectivity index is 2.93. The Bertz CT molecular complexity index is 374. The Labute approximate surface area is 107 Å². The summed E-state index contributed by atoms with van der Waals surface area (Å²) in [5, 5.41) is 0. The van der Waals surface area contributed by atoms with E-state index in [0.717, 1.165) is 21.8 Å². The average molecular weight is 257 g/mol. The standard InChI is InChI=1S/C13H17ClOS/c1-9(2)8-16-13-5-4-10(3)6-11(13)12(15)7-14/h4-6,9H,7-8H2,1-3H3. The van der Waals surface area contributed by atoms with Gasteiger partial charge in [-0.1, -0.05) is 25.5 Å². The Morgan fingerprint density at radius 1 is 1.44 bits per heavy atom. The third kappa shape index (κ3) is 3.84. The Hall–Kier alpha value is -0.470. The predicted molar refractivity (Wildman–Crippen MR) is 71.8 cm³/mol. The SMILES string of the molecule is Cc1ccc(SCC(C)C)c(C(=O)CCl)c1. The van der Waals surface area contributed by atoms with Crippen LogP contribution < -0.4 is 0 Å². The first kappa shape index (κ1) is 13.6. The van der Waals surface area contributed by atoms with E-state index in [4.69, 9.17) is 11.6 Å². The van der Waals surface area contributed by atoms with Crippen LogP contribution in [-0.2, 0) is 0 Å². The highest BCUT2D eigenvalue weighted by atomic mass is 35.5. The van der Waals surface area contributed by atoms with Gasteiger partial charge in [0.05, 0.1) is 5.88 Å². The second-order valence-electron chi connectivity index (χ2n) is 4.26. The lowest BCUT2D eigenvalue weighted by molar-refractivity contribution is 0.101. The molecule has 0 bridgehead atoms. The third-order valence-electron chi connectivity index (χ3n) is 2.13. The maximum atomic E-state index is 11.7. The van der Waals surface area contributed by atoms with Crippen molar-refractivity contribution < 1.29 is 4.79 Å². The van der Waals surface area contributed by atoms with Crippen LogP contribution in [-0.4, -0.2) is 17.4 Å². The van der Waals surface area contributed by atoms with Gasteiger partial charge < -0.3 is 0 Å². The van der Waals surface area contributed by atoms with E-state index in [2.05, 4.69) is 13.8 Å². The molecule has 16 heavy (non-hydrogen) atoms. The molecule has 0 amide bonds. The molecular formula is C13H17ClOS. The maximum Gasteiger partial charge on any atom is 0.178 e. The quantitative estimate of drug-likeness (QED) is 0.447. The number of aryl methyl sites for hydroxylation is 1. The molecule has 0 aliphatic heterocycles. The van der Waals surface area contributed by atoms with Gasteiger partial charge in [-0.3, -0.25) is 4.79 Å². The number of carbonyl (C=O) groups excluding carboxylic acids is 1. The van der Waals surface area contributed by atoms with Crippen LogP contribution in [0.1, 0.15) is 29.8 Å². The summed E-state index contributed by atoms with van der Waals surface area (Å²) in [4.78, 5) is 12.7. The molecule has 1 nitrogen and oxygen atoms in total. The van der Waals surface area contributed by atoms with Crippen LogP contribution in [0.4, 0.5) is 0 Å². The van der Waals surface area contributed by atoms with Crippen molar-refractivity contribution >= 4 is 29.1 Å². The number of rotatable bonds is 5. The molecule has 88 valence electrons. The van der Waals surface area contributed by atoms with Gasteiger partial charge in [-0.2, -0.15) is 0 Å². The molecule has 1 rings (SSSR count). The molecule has 0 radical (unpaired) electrons. The van der Waals surface area contributed by atoms with E-state index in [-0.39, 0.29) is 11.7 Å². The minimum Gasteiger partial charge on any atom is -0.293 e. The van der Waals surface area contributed by atoms with Crippen LogP contribution in [0.2, 0.25) is 0 Å². The van der Waals surface area contributed by atoms with Gasteiger partial charge in [0, 0.05) is 16.2 Å². The largest absolute Gasteiger partial charge is 0.293 e. The van der Waals surface area contributed by atoms with Crippen LogP contribution >= 0.6 is 23.4 Å². The highest BCUT2D eigenvalue weighted by Crippen LogP contribution is 2.26. The van der Waals surface area contributed by atoms with Gasteiger partial charge >= 0.3 is 0 Å². The van der Waals surface area contributed by atoms with E-state index in [0.29, 0.717) is 5.92 Å². The molecular weight excluding hydrogens is 240 g/mol. The number of ketones is 1. The molecule has 1 aromatic carbocycles. The average Bonchev–Trinajstić information content (AvgIpc) is 2.26. The zero-order valence-electron chi connectivity index (χ0n) is 9.92. The summed E-state index contributed by atoms with van der Waals surface area (Å²) in [6.45, 7) is 6.33. The zero-order chi connectivity index (χ0) is 12.1. The maximum absolute atomic E-state index is 11.7. The lowest BCUT2D eigenvalue weighted by Gasteiger charge is -2.09. The topological polar surface area (TPSA) is 17.1 Å². The minimum atomic E-state index is 0.0108. The summed E-state index contributed by atoms with van der Waals surface area (Å²) >= 11 is 7.34. The fourth-order valence-electron chi connectivity index (χ4n) is 1.32. The van der Waals surface area contributed by atoms with Gasteiger partial charge in [-0.25, -0.2) is 0 Å². The van der Waals surface area contributed by atoms with E-state index in [1.807, 2.05) is 25.1 Å². The van der Waals surface area contributed by atoms with Crippen molar-refractivity contribution in [3.8, 4) is 0 Å². The highest BCUT2D eigenvalue weighted by Gasteiger charge is 2.11. The molecule has 0 N–H and O–H groups in total. The normalized spacial score (nSPS) is 10.8. The predicted octanol–water partition coefficient (Wildman–Crippen LogP) is 4.16. The third-order valence-corrected chi connectivity index (χ3v) is 3.87.